The summed E-state index contributed by atoms with van der Waals surface area (Å²) in [4.78, 5) is 39.7. The smallest absolute Gasteiger partial charge is 0.245 e. The van der Waals surface area contributed by atoms with Crippen molar-refractivity contribution in [3.63, 3.8) is 0 Å². The number of halogens is 1. The molecule has 1 N–H and O–H groups in total. The van der Waals surface area contributed by atoms with Crippen molar-refractivity contribution in [2.24, 2.45) is 5.92 Å². The minimum absolute atomic E-state index is 0.0332. The number of anilines is 1. The summed E-state index contributed by atoms with van der Waals surface area (Å²) in [6.07, 6.45) is 4.11. The molecule has 1 saturated carbocycles. The molecule has 1 unspecified atom stereocenters. The van der Waals surface area contributed by atoms with Crippen LogP contribution in [-0.4, -0.2) is 54.7 Å². The van der Waals surface area contributed by atoms with Crippen LogP contribution in [0.2, 0.25) is 0 Å². The molecule has 1 aliphatic carbocycles. The van der Waals surface area contributed by atoms with Crippen LogP contribution < -0.4 is 10.2 Å². The summed E-state index contributed by atoms with van der Waals surface area (Å²) in [5, 5.41) is 2.85. The Labute approximate surface area is 165 Å². The lowest BCUT2D eigenvalue weighted by Crippen LogP contribution is -2.56. The van der Waals surface area contributed by atoms with Crippen LogP contribution in [0.15, 0.2) is 18.2 Å². The fourth-order valence-corrected chi connectivity index (χ4v) is 4.24. The van der Waals surface area contributed by atoms with Gasteiger partial charge in [0.2, 0.25) is 11.8 Å². The molecule has 6 nitrogen and oxygen atoms in total. The van der Waals surface area contributed by atoms with Gasteiger partial charge in [-0.15, -0.1) is 0 Å². The first kappa shape index (κ1) is 20.3. The van der Waals surface area contributed by atoms with Gasteiger partial charge >= 0.3 is 0 Å². The lowest BCUT2D eigenvalue weighted by molar-refractivity contribution is -0.137. The lowest BCUT2D eigenvalue weighted by Gasteiger charge is -2.38. The highest BCUT2D eigenvalue weighted by atomic mass is 19.1. The van der Waals surface area contributed by atoms with Crippen molar-refractivity contribution in [3.8, 4) is 0 Å². The van der Waals surface area contributed by atoms with E-state index in [1.807, 2.05) is 4.90 Å². The minimum Gasteiger partial charge on any atom is -0.366 e. The van der Waals surface area contributed by atoms with Crippen LogP contribution in [0.1, 0.15) is 49.9 Å². The average Bonchev–Trinajstić information content (AvgIpc) is 3.20. The number of carbonyl (C=O) groups excluding carboxylic acids is 3. The normalized spacial score (nSPS) is 18.8. The van der Waals surface area contributed by atoms with Gasteiger partial charge in [-0.1, -0.05) is 12.8 Å². The quantitative estimate of drug-likeness (QED) is 0.785. The fourth-order valence-electron chi connectivity index (χ4n) is 4.24. The first-order valence-electron chi connectivity index (χ1n) is 9.98. The van der Waals surface area contributed by atoms with E-state index in [-0.39, 0.29) is 23.5 Å². The van der Waals surface area contributed by atoms with Crippen molar-refractivity contribution in [2.75, 3.05) is 31.1 Å². The number of rotatable bonds is 5. The van der Waals surface area contributed by atoms with Gasteiger partial charge in [0.05, 0.1) is 5.69 Å². The molecule has 2 fully saturated rings. The first-order chi connectivity index (χ1) is 13.4. The number of nitrogens with zero attached hydrogens (tertiary/aromatic N) is 2. The van der Waals surface area contributed by atoms with E-state index in [1.165, 1.54) is 19.9 Å². The second-order valence-electron chi connectivity index (χ2n) is 7.76. The van der Waals surface area contributed by atoms with Crippen molar-refractivity contribution in [2.45, 2.75) is 45.6 Å². The SMILES string of the molecule is CC(=O)NC(C(=O)N1CCN(c2ccc(C(C)=O)cc2F)CC1)C1CCCC1. The summed E-state index contributed by atoms with van der Waals surface area (Å²) in [5.41, 5.74) is 0.802. The van der Waals surface area contributed by atoms with Crippen molar-refractivity contribution < 1.29 is 18.8 Å². The molecule has 3 rings (SSSR count). The molecule has 1 aromatic rings. The third-order valence-electron chi connectivity index (χ3n) is 5.78. The maximum atomic E-state index is 14.4. The molecule has 1 heterocycles. The van der Waals surface area contributed by atoms with Gasteiger partial charge in [-0.25, -0.2) is 4.39 Å². The summed E-state index contributed by atoms with van der Waals surface area (Å²) in [5.74, 6) is -0.608. The third kappa shape index (κ3) is 4.51. The molecule has 0 bridgehead atoms. The first-order valence-corrected chi connectivity index (χ1v) is 9.98. The van der Waals surface area contributed by atoms with Crippen LogP contribution in [0.25, 0.3) is 0 Å². The lowest BCUT2D eigenvalue weighted by atomic mass is 9.96. The molecule has 0 spiro atoms. The highest BCUT2D eigenvalue weighted by molar-refractivity contribution is 5.94. The van der Waals surface area contributed by atoms with Gasteiger partial charge in [-0.2, -0.15) is 0 Å². The Kier molecular flexibility index (Phi) is 6.31. The third-order valence-corrected chi connectivity index (χ3v) is 5.78. The standard InChI is InChI=1S/C21H28FN3O3/c1-14(26)17-7-8-19(18(22)13-17)24-9-11-25(12-10-24)21(28)20(23-15(2)27)16-5-3-4-6-16/h7-8,13,16,20H,3-6,9-12H2,1-2H3,(H,23,27). The maximum Gasteiger partial charge on any atom is 0.245 e. The molecule has 0 radical (unpaired) electrons. The van der Waals surface area contributed by atoms with Crippen molar-refractivity contribution in [1.82, 2.24) is 10.2 Å². The van der Waals surface area contributed by atoms with Crippen molar-refractivity contribution in [3.05, 3.63) is 29.6 Å². The molecular weight excluding hydrogens is 361 g/mol. The number of Topliss-reactive ketones (excluding diaryl/α,β-unsaturated/α-hetero) is 1. The summed E-state index contributed by atoms with van der Waals surface area (Å²) >= 11 is 0. The summed E-state index contributed by atoms with van der Waals surface area (Å²) < 4.78 is 14.4. The summed E-state index contributed by atoms with van der Waals surface area (Å²) in [6.45, 7) is 4.85. The van der Waals surface area contributed by atoms with E-state index in [9.17, 15) is 18.8 Å². The van der Waals surface area contributed by atoms with Crippen LogP contribution in [0.3, 0.4) is 0 Å². The van der Waals surface area contributed by atoms with Gasteiger partial charge in [-0.3, -0.25) is 14.4 Å². The van der Waals surface area contributed by atoms with E-state index in [4.69, 9.17) is 0 Å². The van der Waals surface area contributed by atoms with Crippen LogP contribution in [-0.2, 0) is 9.59 Å². The highest BCUT2D eigenvalue weighted by Gasteiger charge is 2.35. The van der Waals surface area contributed by atoms with Crippen LogP contribution in [0, 0.1) is 11.7 Å². The number of piperazine rings is 1. The average molecular weight is 389 g/mol. The Hall–Kier alpha value is -2.44. The summed E-state index contributed by atoms with van der Waals surface area (Å²) in [7, 11) is 0. The second-order valence-corrected chi connectivity index (χ2v) is 7.76. The number of hydrogen-bond acceptors (Lipinski definition) is 4. The molecule has 28 heavy (non-hydrogen) atoms. The number of benzene rings is 1. The molecule has 152 valence electrons. The van der Waals surface area contributed by atoms with Crippen LogP contribution in [0.5, 0.6) is 0 Å². The van der Waals surface area contributed by atoms with E-state index < -0.39 is 11.9 Å². The van der Waals surface area contributed by atoms with Crippen molar-refractivity contribution in [1.29, 1.82) is 0 Å². The van der Waals surface area contributed by atoms with Gasteiger partial charge in [0.25, 0.3) is 0 Å². The highest BCUT2D eigenvalue weighted by Crippen LogP contribution is 2.29. The number of nitrogens with one attached hydrogen (secondary N) is 1. The van der Waals surface area contributed by atoms with Gasteiger partial charge in [0.1, 0.15) is 11.9 Å². The van der Waals surface area contributed by atoms with E-state index in [1.54, 1.807) is 17.0 Å². The van der Waals surface area contributed by atoms with E-state index in [0.29, 0.717) is 37.4 Å². The molecule has 1 aliphatic heterocycles. The zero-order chi connectivity index (χ0) is 20.3. The molecule has 1 saturated heterocycles. The van der Waals surface area contributed by atoms with Crippen LogP contribution >= 0.6 is 0 Å². The van der Waals surface area contributed by atoms with Gasteiger partial charge in [0.15, 0.2) is 5.78 Å². The second kappa shape index (κ2) is 8.71. The molecule has 1 aromatic carbocycles. The predicted octanol–water partition coefficient (Wildman–Crippen LogP) is 2.37. The zero-order valence-electron chi connectivity index (χ0n) is 16.5. The minimum atomic E-state index is -0.460. The molecule has 2 aliphatic rings. The number of hydrogen-bond donors (Lipinski definition) is 1. The maximum absolute atomic E-state index is 14.4. The zero-order valence-corrected chi connectivity index (χ0v) is 16.5. The number of ketones is 1. The molecule has 2 amide bonds. The molecular formula is C21H28FN3O3. The molecule has 1 atom stereocenters. The van der Waals surface area contributed by atoms with Gasteiger partial charge in [-0.05, 0) is 43.9 Å². The Morgan fingerprint density at radius 3 is 2.25 bits per heavy atom. The van der Waals surface area contributed by atoms with E-state index in [0.717, 1.165) is 25.7 Å². The van der Waals surface area contributed by atoms with E-state index >= 15 is 0 Å². The fraction of sp³-hybridized carbons (Fsp3) is 0.571. The Balaban J connectivity index is 1.64. The van der Waals surface area contributed by atoms with Crippen LogP contribution in [0.4, 0.5) is 10.1 Å². The van der Waals surface area contributed by atoms with Crippen molar-refractivity contribution >= 4 is 23.3 Å². The number of carbonyl (C=O) groups is 3. The van der Waals surface area contributed by atoms with Gasteiger partial charge < -0.3 is 15.1 Å². The number of amides is 2. The summed E-state index contributed by atoms with van der Waals surface area (Å²) in [6, 6.07) is 4.06. The monoisotopic (exact) mass is 389 g/mol. The van der Waals surface area contributed by atoms with Gasteiger partial charge in [0, 0.05) is 38.7 Å². The van der Waals surface area contributed by atoms with E-state index in [2.05, 4.69) is 5.32 Å². The molecule has 0 aromatic heterocycles. The topological polar surface area (TPSA) is 69.7 Å². The Bertz CT molecular complexity index is 753. The largest absolute Gasteiger partial charge is 0.366 e. The Morgan fingerprint density at radius 1 is 1.07 bits per heavy atom. The predicted molar refractivity (Wildman–Crippen MR) is 105 cm³/mol. The molecule has 7 heteroatoms. The Morgan fingerprint density at radius 2 is 1.71 bits per heavy atom.